The third-order valence-electron chi connectivity index (χ3n) is 2.49. The number of pyridine rings is 1. The summed E-state index contributed by atoms with van der Waals surface area (Å²) < 4.78 is 44.4. The van der Waals surface area contributed by atoms with Gasteiger partial charge < -0.3 is 4.74 Å². The molecule has 0 fully saturated rings. The van der Waals surface area contributed by atoms with E-state index < -0.39 is 29.0 Å². The minimum atomic E-state index is -1.11. The maximum absolute atomic E-state index is 13.6. The number of nitrogens with zero attached hydrogens (tertiary/aromatic N) is 1. The van der Waals surface area contributed by atoms with Crippen molar-refractivity contribution in [1.82, 2.24) is 4.98 Å². The number of methoxy groups -OCH3 is 1. The van der Waals surface area contributed by atoms with Gasteiger partial charge in [0.25, 0.3) is 0 Å². The van der Waals surface area contributed by atoms with Gasteiger partial charge in [-0.2, -0.15) is 0 Å². The summed E-state index contributed by atoms with van der Waals surface area (Å²) in [6.45, 7) is 0. The van der Waals surface area contributed by atoms with Crippen LogP contribution in [0, 0.1) is 17.5 Å². The average molecular weight is 267 g/mol. The lowest BCUT2D eigenvalue weighted by Gasteiger charge is -2.06. The number of aromatic nitrogens is 1. The van der Waals surface area contributed by atoms with Crippen molar-refractivity contribution >= 4 is 5.97 Å². The number of benzene rings is 1. The summed E-state index contributed by atoms with van der Waals surface area (Å²) in [6.07, 6.45) is 0.756. The third kappa shape index (κ3) is 2.42. The molecule has 0 unspecified atom stereocenters. The van der Waals surface area contributed by atoms with Crippen molar-refractivity contribution in [3.63, 3.8) is 0 Å². The second kappa shape index (κ2) is 5.09. The van der Waals surface area contributed by atoms with Crippen molar-refractivity contribution < 1.29 is 22.7 Å². The summed E-state index contributed by atoms with van der Waals surface area (Å²) in [5.74, 6) is -3.98. The van der Waals surface area contributed by atoms with Crippen molar-refractivity contribution in [3.8, 4) is 11.3 Å². The standard InChI is InChI=1S/C13H8F3NO2/c1-19-13(18)8-5-11(17-6-10(8)15)7-3-2-4-9(14)12(7)16/h2-6H,1H3. The zero-order valence-corrected chi connectivity index (χ0v) is 9.78. The van der Waals surface area contributed by atoms with Crippen LogP contribution in [0.25, 0.3) is 11.3 Å². The summed E-state index contributed by atoms with van der Waals surface area (Å²) in [6, 6.07) is 4.53. The zero-order valence-electron chi connectivity index (χ0n) is 9.78. The molecule has 1 aromatic heterocycles. The second-order valence-corrected chi connectivity index (χ2v) is 3.64. The Bertz CT molecular complexity index is 644. The van der Waals surface area contributed by atoms with Crippen LogP contribution < -0.4 is 0 Å². The zero-order chi connectivity index (χ0) is 14.0. The number of hydrogen-bond acceptors (Lipinski definition) is 3. The molecule has 2 aromatic rings. The molecule has 19 heavy (non-hydrogen) atoms. The summed E-state index contributed by atoms with van der Waals surface area (Å²) in [5.41, 5.74) is -0.611. The van der Waals surface area contributed by atoms with E-state index >= 15 is 0 Å². The van der Waals surface area contributed by atoms with Crippen molar-refractivity contribution in [2.24, 2.45) is 0 Å². The van der Waals surface area contributed by atoms with Crippen LogP contribution in [0.4, 0.5) is 13.2 Å². The van der Waals surface area contributed by atoms with Gasteiger partial charge in [-0.25, -0.2) is 18.0 Å². The van der Waals surface area contributed by atoms with Gasteiger partial charge in [0.15, 0.2) is 17.5 Å². The van der Waals surface area contributed by atoms with Crippen molar-refractivity contribution in [1.29, 1.82) is 0 Å². The van der Waals surface area contributed by atoms with Crippen LogP contribution in [0.5, 0.6) is 0 Å². The van der Waals surface area contributed by atoms with Gasteiger partial charge in [0.05, 0.1) is 24.6 Å². The first kappa shape index (κ1) is 13.1. The summed E-state index contributed by atoms with van der Waals surface area (Å²) in [7, 11) is 1.09. The fourth-order valence-electron chi connectivity index (χ4n) is 1.55. The minimum absolute atomic E-state index is 0.0567. The van der Waals surface area contributed by atoms with E-state index in [1.165, 1.54) is 12.1 Å². The van der Waals surface area contributed by atoms with Gasteiger partial charge in [0, 0.05) is 5.56 Å². The van der Waals surface area contributed by atoms with E-state index in [-0.39, 0.29) is 11.3 Å². The number of carbonyl (C=O) groups excluding carboxylic acids is 1. The van der Waals surface area contributed by atoms with Crippen LogP contribution in [0.15, 0.2) is 30.5 Å². The normalized spacial score (nSPS) is 10.3. The SMILES string of the molecule is COC(=O)c1cc(-c2cccc(F)c2F)ncc1F. The molecule has 98 valence electrons. The highest BCUT2D eigenvalue weighted by Gasteiger charge is 2.17. The van der Waals surface area contributed by atoms with Crippen LogP contribution >= 0.6 is 0 Å². The number of hydrogen-bond donors (Lipinski definition) is 0. The summed E-state index contributed by atoms with van der Waals surface area (Å²) in [5, 5.41) is 0. The Morgan fingerprint density at radius 2 is 1.95 bits per heavy atom. The molecular formula is C13H8F3NO2. The molecule has 0 N–H and O–H groups in total. The van der Waals surface area contributed by atoms with Crippen LogP contribution in [0.3, 0.4) is 0 Å². The van der Waals surface area contributed by atoms with E-state index in [2.05, 4.69) is 9.72 Å². The van der Waals surface area contributed by atoms with E-state index in [9.17, 15) is 18.0 Å². The monoisotopic (exact) mass is 267 g/mol. The molecule has 0 radical (unpaired) electrons. The van der Waals surface area contributed by atoms with Crippen LogP contribution in [0.2, 0.25) is 0 Å². The highest BCUT2D eigenvalue weighted by Crippen LogP contribution is 2.24. The third-order valence-corrected chi connectivity index (χ3v) is 2.49. The molecule has 0 spiro atoms. The molecule has 0 saturated carbocycles. The number of esters is 1. The lowest BCUT2D eigenvalue weighted by Crippen LogP contribution is -2.06. The Hall–Kier alpha value is -2.37. The molecule has 0 atom stereocenters. The molecule has 0 aliphatic carbocycles. The van der Waals surface area contributed by atoms with Gasteiger partial charge in [-0.1, -0.05) is 6.07 Å². The van der Waals surface area contributed by atoms with Gasteiger partial charge in [0.1, 0.15) is 0 Å². The Morgan fingerprint density at radius 1 is 1.21 bits per heavy atom. The lowest BCUT2D eigenvalue weighted by atomic mass is 10.1. The smallest absolute Gasteiger partial charge is 0.340 e. The van der Waals surface area contributed by atoms with Gasteiger partial charge in [-0.15, -0.1) is 0 Å². The Kier molecular flexibility index (Phi) is 3.50. The first-order chi connectivity index (χ1) is 9.04. The molecule has 1 heterocycles. The molecule has 0 amide bonds. The van der Waals surface area contributed by atoms with Crippen molar-refractivity contribution in [3.05, 3.63) is 53.5 Å². The number of ether oxygens (including phenoxy) is 1. The highest BCUT2D eigenvalue weighted by molar-refractivity contribution is 5.90. The van der Waals surface area contributed by atoms with Crippen molar-refractivity contribution in [2.75, 3.05) is 7.11 Å². The topological polar surface area (TPSA) is 39.2 Å². The van der Waals surface area contributed by atoms with Gasteiger partial charge in [-0.05, 0) is 18.2 Å². The molecular weight excluding hydrogens is 259 g/mol. The van der Waals surface area contributed by atoms with Crippen LogP contribution in [0.1, 0.15) is 10.4 Å². The van der Waals surface area contributed by atoms with Crippen LogP contribution in [-0.2, 0) is 4.74 Å². The van der Waals surface area contributed by atoms with E-state index in [4.69, 9.17) is 0 Å². The largest absolute Gasteiger partial charge is 0.465 e. The molecule has 0 aliphatic rings. The number of rotatable bonds is 2. The fourth-order valence-corrected chi connectivity index (χ4v) is 1.55. The molecule has 0 saturated heterocycles. The van der Waals surface area contributed by atoms with Crippen molar-refractivity contribution in [2.45, 2.75) is 0 Å². The maximum Gasteiger partial charge on any atom is 0.340 e. The Labute approximate surface area is 106 Å². The van der Waals surface area contributed by atoms with E-state index in [1.54, 1.807) is 0 Å². The Morgan fingerprint density at radius 3 is 2.63 bits per heavy atom. The lowest BCUT2D eigenvalue weighted by molar-refractivity contribution is 0.0595. The summed E-state index contributed by atoms with van der Waals surface area (Å²) >= 11 is 0. The maximum atomic E-state index is 13.6. The van der Waals surface area contributed by atoms with Gasteiger partial charge in [0.2, 0.25) is 0 Å². The predicted octanol–water partition coefficient (Wildman–Crippen LogP) is 2.95. The molecule has 3 nitrogen and oxygen atoms in total. The van der Waals surface area contributed by atoms with Gasteiger partial charge >= 0.3 is 5.97 Å². The van der Waals surface area contributed by atoms with Crippen LogP contribution in [-0.4, -0.2) is 18.1 Å². The number of carbonyl (C=O) groups is 1. The highest BCUT2D eigenvalue weighted by atomic mass is 19.2. The molecule has 1 aromatic carbocycles. The molecule has 0 aliphatic heterocycles. The number of halogens is 3. The minimum Gasteiger partial charge on any atom is -0.465 e. The molecule has 6 heteroatoms. The first-order valence-corrected chi connectivity index (χ1v) is 5.23. The van der Waals surface area contributed by atoms with E-state index in [1.807, 2.05) is 0 Å². The second-order valence-electron chi connectivity index (χ2n) is 3.64. The van der Waals surface area contributed by atoms with Gasteiger partial charge in [-0.3, -0.25) is 4.98 Å². The van der Waals surface area contributed by atoms with E-state index in [0.717, 1.165) is 25.4 Å². The molecule has 2 rings (SSSR count). The van der Waals surface area contributed by atoms with E-state index in [0.29, 0.717) is 0 Å². The average Bonchev–Trinajstić information content (AvgIpc) is 2.42. The molecule has 0 bridgehead atoms. The summed E-state index contributed by atoms with van der Waals surface area (Å²) in [4.78, 5) is 15.0. The first-order valence-electron chi connectivity index (χ1n) is 5.23. The quantitative estimate of drug-likeness (QED) is 0.785. The predicted molar refractivity (Wildman–Crippen MR) is 60.9 cm³/mol. The Balaban J connectivity index is 2.58. The fraction of sp³-hybridized carbons (Fsp3) is 0.0769.